The summed E-state index contributed by atoms with van der Waals surface area (Å²) in [5, 5.41) is 0. The van der Waals surface area contributed by atoms with Gasteiger partial charge < -0.3 is 9.47 Å². The Kier molecular flexibility index (Phi) is 2.55. The van der Waals surface area contributed by atoms with Crippen LogP contribution in [0.4, 0.5) is 0 Å². The zero-order valence-corrected chi connectivity index (χ0v) is 9.80. The van der Waals surface area contributed by atoms with Crippen LogP contribution in [-0.4, -0.2) is 24.8 Å². The zero-order valence-electron chi connectivity index (χ0n) is 9.80. The summed E-state index contributed by atoms with van der Waals surface area (Å²) in [6, 6.07) is 0. The van der Waals surface area contributed by atoms with Crippen LogP contribution in [-0.2, 0) is 14.3 Å². The maximum atomic E-state index is 12.4. The van der Waals surface area contributed by atoms with Crippen molar-refractivity contribution >= 4 is 5.78 Å². The minimum atomic E-state index is -0.539. The lowest BCUT2D eigenvalue weighted by atomic mass is 9.60. The van der Waals surface area contributed by atoms with Gasteiger partial charge in [0.2, 0.25) is 0 Å². The molecule has 0 radical (unpaired) electrons. The van der Waals surface area contributed by atoms with Gasteiger partial charge in [0.1, 0.15) is 5.78 Å². The first-order chi connectivity index (χ1) is 7.79. The van der Waals surface area contributed by atoms with Crippen molar-refractivity contribution in [1.29, 1.82) is 0 Å². The standard InChI is InChI=1S/C13H20O3/c14-11-5-1-2-6-12(11)7-3-4-8-13(12)15-9-10-16-13/h1-10H2/t12-/m1/s1. The van der Waals surface area contributed by atoms with Crippen molar-refractivity contribution in [2.45, 2.75) is 57.2 Å². The summed E-state index contributed by atoms with van der Waals surface area (Å²) in [5.41, 5.74) is -0.292. The van der Waals surface area contributed by atoms with Gasteiger partial charge in [0.15, 0.2) is 5.79 Å². The second-order valence-corrected chi connectivity index (χ2v) is 5.37. The van der Waals surface area contributed by atoms with Gasteiger partial charge in [0.05, 0.1) is 18.6 Å². The van der Waals surface area contributed by atoms with Crippen molar-refractivity contribution in [3.63, 3.8) is 0 Å². The molecule has 2 saturated carbocycles. The Hall–Kier alpha value is -0.410. The van der Waals surface area contributed by atoms with Gasteiger partial charge in [-0.2, -0.15) is 0 Å². The molecule has 3 fully saturated rings. The van der Waals surface area contributed by atoms with Crippen molar-refractivity contribution in [2.75, 3.05) is 13.2 Å². The van der Waals surface area contributed by atoms with Gasteiger partial charge in [-0.3, -0.25) is 4.79 Å². The maximum Gasteiger partial charge on any atom is 0.180 e. The van der Waals surface area contributed by atoms with E-state index in [9.17, 15) is 4.79 Å². The van der Waals surface area contributed by atoms with Crippen LogP contribution < -0.4 is 0 Å². The molecule has 1 heterocycles. The molecule has 2 spiro atoms. The third-order valence-electron chi connectivity index (χ3n) is 4.63. The Morgan fingerprint density at radius 3 is 2.19 bits per heavy atom. The lowest BCUT2D eigenvalue weighted by molar-refractivity contribution is -0.253. The Morgan fingerprint density at radius 2 is 1.50 bits per heavy atom. The van der Waals surface area contributed by atoms with Crippen molar-refractivity contribution < 1.29 is 14.3 Å². The molecule has 3 nitrogen and oxygen atoms in total. The van der Waals surface area contributed by atoms with Crippen LogP contribution in [0.15, 0.2) is 0 Å². The molecule has 2 aliphatic carbocycles. The molecule has 1 saturated heterocycles. The first kappa shape index (κ1) is 10.7. The number of hydrogen-bond acceptors (Lipinski definition) is 3. The molecule has 0 N–H and O–H groups in total. The van der Waals surface area contributed by atoms with Crippen LogP contribution in [0.5, 0.6) is 0 Å². The first-order valence-corrected chi connectivity index (χ1v) is 6.60. The molecule has 3 heteroatoms. The van der Waals surface area contributed by atoms with E-state index in [-0.39, 0.29) is 5.41 Å². The molecule has 3 rings (SSSR count). The molecule has 1 atom stereocenters. The predicted octanol–water partition coefficient (Wildman–Crippen LogP) is 2.43. The summed E-state index contributed by atoms with van der Waals surface area (Å²) in [7, 11) is 0. The largest absolute Gasteiger partial charge is 0.346 e. The molecule has 0 bridgehead atoms. The zero-order chi connectivity index (χ0) is 11.1. The fourth-order valence-electron chi connectivity index (χ4n) is 3.85. The molecule has 0 aromatic carbocycles. The Balaban J connectivity index is 1.97. The second kappa shape index (κ2) is 3.81. The number of ketones is 1. The van der Waals surface area contributed by atoms with Crippen LogP contribution in [0, 0.1) is 5.41 Å². The number of carbonyl (C=O) groups is 1. The van der Waals surface area contributed by atoms with Gasteiger partial charge in [-0.25, -0.2) is 0 Å². The van der Waals surface area contributed by atoms with Crippen LogP contribution in [0.25, 0.3) is 0 Å². The Morgan fingerprint density at radius 1 is 0.875 bits per heavy atom. The van der Waals surface area contributed by atoms with Gasteiger partial charge in [0.25, 0.3) is 0 Å². The number of fused-ring (bicyclic) bond motifs is 1. The highest BCUT2D eigenvalue weighted by molar-refractivity contribution is 5.86. The SMILES string of the molecule is O=C1CCCC[C@@]12CCCCC21OCCO1. The molecule has 16 heavy (non-hydrogen) atoms. The fraction of sp³-hybridized carbons (Fsp3) is 0.923. The average Bonchev–Trinajstić information content (AvgIpc) is 2.76. The van der Waals surface area contributed by atoms with Crippen LogP contribution in [0.1, 0.15) is 51.4 Å². The molecule has 0 unspecified atom stereocenters. The fourth-order valence-corrected chi connectivity index (χ4v) is 3.85. The summed E-state index contributed by atoms with van der Waals surface area (Å²) < 4.78 is 11.8. The Bertz CT molecular complexity index is 288. The summed E-state index contributed by atoms with van der Waals surface area (Å²) >= 11 is 0. The summed E-state index contributed by atoms with van der Waals surface area (Å²) in [5.74, 6) is -0.136. The molecule has 0 aromatic rings. The van der Waals surface area contributed by atoms with E-state index in [4.69, 9.17) is 9.47 Å². The van der Waals surface area contributed by atoms with E-state index in [1.807, 2.05) is 0 Å². The predicted molar refractivity (Wildman–Crippen MR) is 59.0 cm³/mol. The first-order valence-electron chi connectivity index (χ1n) is 6.60. The van der Waals surface area contributed by atoms with Crippen LogP contribution in [0.3, 0.4) is 0 Å². The third kappa shape index (κ3) is 1.31. The van der Waals surface area contributed by atoms with Gasteiger partial charge in [-0.1, -0.05) is 12.8 Å². The van der Waals surface area contributed by atoms with Gasteiger partial charge in [-0.15, -0.1) is 0 Å². The summed E-state index contributed by atoms with van der Waals surface area (Å²) in [4.78, 5) is 12.4. The highest BCUT2D eigenvalue weighted by Gasteiger charge is 2.60. The van der Waals surface area contributed by atoms with E-state index < -0.39 is 5.79 Å². The highest BCUT2D eigenvalue weighted by Crippen LogP contribution is 2.55. The van der Waals surface area contributed by atoms with Gasteiger partial charge in [-0.05, 0) is 25.7 Å². The topological polar surface area (TPSA) is 35.5 Å². The summed E-state index contributed by atoms with van der Waals surface area (Å²) in [6.45, 7) is 1.32. The minimum Gasteiger partial charge on any atom is -0.346 e. The molecule has 90 valence electrons. The smallest absolute Gasteiger partial charge is 0.180 e. The number of carbonyl (C=O) groups excluding carboxylic acids is 1. The lowest BCUT2D eigenvalue weighted by Crippen LogP contribution is -2.57. The van der Waals surface area contributed by atoms with E-state index in [0.717, 1.165) is 51.4 Å². The van der Waals surface area contributed by atoms with Crippen LogP contribution >= 0.6 is 0 Å². The number of Topliss-reactive ketones (excluding diaryl/α,β-unsaturated/α-hetero) is 1. The summed E-state index contributed by atoms with van der Waals surface area (Å²) in [6.07, 6.45) is 8.09. The normalized spacial score (nSPS) is 38.4. The van der Waals surface area contributed by atoms with E-state index in [1.54, 1.807) is 0 Å². The van der Waals surface area contributed by atoms with Crippen molar-refractivity contribution in [1.82, 2.24) is 0 Å². The lowest BCUT2D eigenvalue weighted by Gasteiger charge is -2.50. The molecule has 3 aliphatic rings. The highest BCUT2D eigenvalue weighted by atomic mass is 16.7. The third-order valence-corrected chi connectivity index (χ3v) is 4.63. The van der Waals surface area contributed by atoms with Crippen molar-refractivity contribution in [3.8, 4) is 0 Å². The second-order valence-electron chi connectivity index (χ2n) is 5.37. The number of rotatable bonds is 0. The maximum absolute atomic E-state index is 12.4. The Labute approximate surface area is 96.5 Å². The van der Waals surface area contributed by atoms with Crippen molar-refractivity contribution in [3.05, 3.63) is 0 Å². The number of ether oxygens (including phenoxy) is 2. The molecule has 0 aromatic heterocycles. The molecular weight excluding hydrogens is 204 g/mol. The van der Waals surface area contributed by atoms with Gasteiger partial charge >= 0.3 is 0 Å². The van der Waals surface area contributed by atoms with E-state index in [0.29, 0.717) is 19.0 Å². The van der Waals surface area contributed by atoms with E-state index >= 15 is 0 Å². The van der Waals surface area contributed by atoms with Gasteiger partial charge in [0, 0.05) is 12.8 Å². The quantitative estimate of drug-likeness (QED) is 0.634. The molecule has 1 aliphatic heterocycles. The monoisotopic (exact) mass is 224 g/mol. The average molecular weight is 224 g/mol. The van der Waals surface area contributed by atoms with Crippen molar-refractivity contribution in [2.24, 2.45) is 5.41 Å². The molecular formula is C13H20O3. The minimum absolute atomic E-state index is 0.292. The van der Waals surface area contributed by atoms with E-state index in [1.165, 1.54) is 0 Å². The van der Waals surface area contributed by atoms with Crippen LogP contribution in [0.2, 0.25) is 0 Å². The molecule has 0 amide bonds. The van der Waals surface area contributed by atoms with E-state index in [2.05, 4.69) is 0 Å². The number of hydrogen-bond donors (Lipinski definition) is 0.